The molecule has 0 aliphatic carbocycles. The van der Waals surface area contributed by atoms with Crippen molar-refractivity contribution < 1.29 is 9.53 Å². The van der Waals surface area contributed by atoms with Crippen LogP contribution in [0.25, 0.3) is 0 Å². The first kappa shape index (κ1) is 19.9. The van der Waals surface area contributed by atoms with Crippen molar-refractivity contribution in [2.45, 2.75) is 25.4 Å². The lowest BCUT2D eigenvalue weighted by Crippen LogP contribution is -2.48. The predicted molar refractivity (Wildman–Crippen MR) is 85.0 cm³/mol. The van der Waals surface area contributed by atoms with Gasteiger partial charge in [0.25, 0.3) is 0 Å². The maximum Gasteiger partial charge on any atom is 0.250 e. The number of likely N-dealkylation sites (tertiary alicyclic amines) is 1. The maximum atomic E-state index is 11.8. The van der Waals surface area contributed by atoms with Crippen LogP contribution in [0.3, 0.4) is 0 Å². The minimum Gasteiger partial charge on any atom is -0.366 e. The van der Waals surface area contributed by atoms with Crippen molar-refractivity contribution in [3.05, 3.63) is 0 Å². The van der Waals surface area contributed by atoms with Crippen LogP contribution in [0.5, 0.6) is 0 Å². The molecule has 0 aromatic carbocycles. The molecule has 0 aromatic rings. The fraction of sp³-hybridized carbons (Fsp3) is 0.923. The fourth-order valence-corrected chi connectivity index (χ4v) is 2.60. The second-order valence-electron chi connectivity index (χ2n) is 5.39. The van der Waals surface area contributed by atoms with Gasteiger partial charge >= 0.3 is 0 Å². The summed E-state index contributed by atoms with van der Waals surface area (Å²) in [5.74, 6) is 0.807. The highest BCUT2D eigenvalue weighted by Crippen LogP contribution is 2.18. The number of piperidine rings is 1. The Morgan fingerprint density at radius 1 is 1.35 bits per heavy atom. The quantitative estimate of drug-likeness (QED) is 0.796. The summed E-state index contributed by atoms with van der Waals surface area (Å²) in [5, 5.41) is 6.16. The van der Waals surface area contributed by atoms with E-state index in [2.05, 4.69) is 22.6 Å². The van der Waals surface area contributed by atoms with E-state index in [4.69, 9.17) is 4.74 Å². The molecule has 0 aromatic heterocycles. The van der Waals surface area contributed by atoms with Crippen molar-refractivity contribution in [2.75, 3.05) is 46.4 Å². The largest absolute Gasteiger partial charge is 0.366 e. The first-order valence-corrected chi connectivity index (χ1v) is 7.04. The number of amides is 1. The molecule has 1 atom stereocenters. The van der Waals surface area contributed by atoms with Crippen LogP contribution in [0.2, 0.25) is 0 Å². The van der Waals surface area contributed by atoms with Crippen molar-refractivity contribution >= 4 is 30.7 Å². The summed E-state index contributed by atoms with van der Waals surface area (Å²) in [6, 6.07) is 0. The molecule has 2 saturated heterocycles. The lowest BCUT2D eigenvalue weighted by molar-refractivity contribution is -0.134. The molecular weight excluding hydrogens is 301 g/mol. The monoisotopic (exact) mass is 327 g/mol. The molecular formula is C13H27Cl2N3O2. The van der Waals surface area contributed by atoms with E-state index in [9.17, 15) is 4.79 Å². The Hall–Kier alpha value is -0.0700. The van der Waals surface area contributed by atoms with Crippen molar-refractivity contribution in [1.29, 1.82) is 0 Å². The SMILES string of the molecule is CN1CCC(CCNC(=O)C2CNCCO2)CC1.Cl.Cl. The molecule has 0 radical (unpaired) electrons. The van der Waals surface area contributed by atoms with Crippen LogP contribution in [-0.4, -0.2) is 63.3 Å². The summed E-state index contributed by atoms with van der Waals surface area (Å²) in [5.41, 5.74) is 0. The van der Waals surface area contributed by atoms with Gasteiger partial charge in [-0.1, -0.05) is 0 Å². The number of hydrogen-bond donors (Lipinski definition) is 2. The average molecular weight is 328 g/mol. The number of carbonyl (C=O) groups excluding carboxylic acids is 1. The summed E-state index contributed by atoms with van der Waals surface area (Å²) in [4.78, 5) is 14.2. The van der Waals surface area contributed by atoms with E-state index >= 15 is 0 Å². The Morgan fingerprint density at radius 3 is 2.65 bits per heavy atom. The minimum absolute atomic E-state index is 0. The third-order valence-electron chi connectivity index (χ3n) is 3.91. The van der Waals surface area contributed by atoms with Gasteiger partial charge in [0.05, 0.1) is 6.61 Å². The Bertz CT molecular complexity index is 268. The smallest absolute Gasteiger partial charge is 0.250 e. The summed E-state index contributed by atoms with van der Waals surface area (Å²) in [6.45, 7) is 5.28. The van der Waals surface area contributed by atoms with Crippen molar-refractivity contribution in [2.24, 2.45) is 5.92 Å². The Labute approximate surface area is 134 Å². The number of nitrogens with zero attached hydrogens (tertiary/aromatic N) is 1. The van der Waals surface area contributed by atoms with Crippen LogP contribution in [0.1, 0.15) is 19.3 Å². The van der Waals surface area contributed by atoms with E-state index < -0.39 is 0 Å². The van der Waals surface area contributed by atoms with Crippen molar-refractivity contribution in [3.8, 4) is 0 Å². The molecule has 2 aliphatic heterocycles. The second kappa shape index (κ2) is 10.6. The molecule has 2 fully saturated rings. The van der Waals surface area contributed by atoms with Gasteiger partial charge in [-0.2, -0.15) is 0 Å². The summed E-state index contributed by atoms with van der Waals surface area (Å²) in [6.07, 6.45) is 3.32. The molecule has 0 spiro atoms. The molecule has 0 bridgehead atoms. The highest BCUT2D eigenvalue weighted by atomic mass is 35.5. The van der Waals surface area contributed by atoms with Gasteiger partial charge in [-0.3, -0.25) is 4.79 Å². The van der Waals surface area contributed by atoms with E-state index in [0.29, 0.717) is 13.2 Å². The topological polar surface area (TPSA) is 53.6 Å². The number of hydrogen-bond acceptors (Lipinski definition) is 4. The van der Waals surface area contributed by atoms with E-state index in [1.165, 1.54) is 25.9 Å². The summed E-state index contributed by atoms with van der Waals surface area (Å²) < 4.78 is 5.42. The van der Waals surface area contributed by atoms with E-state index in [1.807, 2.05) is 0 Å². The molecule has 1 amide bonds. The van der Waals surface area contributed by atoms with Gasteiger partial charge in [-0.05, 0) is 45.3 Å². The molecule has 1 unspecified atom stereocenters. The number of halogens is 2. The number of carbonyl (C=O) groups is 1. The fourth-order valence-electron chi connectivity index (χ4n) is 2.60. The third-order valence-corrected chi connectivity index (χ3v) is 3.91. The lowest BCUT2D eigenvalue weighted by Gasteiger charge is -2.29. The minimum atomic E-state index is -0.295. The molecule has 0 saturated carbocycles. The molecule has 2 rings (SSSR count). The highest BCUT2D eigenvalue weighted by Gasteiger charge is 2.22. The van der Waals surface area contributed by atoms with E-state index in [1.54, 1.807) is 0 Å². The summed E-state index contributed by atoms with van der Waals surface area (Å²) >= 11 is 0. The highest BCUT2D eigenvalue weighted by molar-refractivity contribution is 5.85. The van der Waals surface area contributed by atoms with Crippen molar-refractivity contribution in [1.82, 2.24) is 15.5 Å². The first-order valence-electron chi connectivity index (χ1n) is 7.04. The zero-order valence-corrected chi connectivity index (χ0v) is 13.7. The average Bonchev–Trinajstić information content (AvgIpc) is 2.42. The first-order chi connectivity index (χ1) is 8.75. The number of nitrogens with one attached hydrogen (secondary N) is 2. The van der Waals surface area contributed by atoms with Crippen LogP contribution in [-0.2, 0) is 9.53 Å². The van der Waals surface area contributed by atoms with Crippen LogP contribution >= 0.6 is 24.8 Å². The molecule has 5 nitrogen and oxygen atoms in total. The van der Waals surface area contributed by atoms with Crippen LogP contribution in [0.4, 0.5) is 0 Å². The van der Waals surface area contributed by atoms with E-state index in [-0.39, 0.29) is 36.8 Å². The molecule has 2 aliphatic rings. The van der Waals surface area contributed by atoms with E-state index in [0.717, 1.165) is 25.4 Å². The second-order valence-corrected chi connectivity index (χ2v) is 5.39. The van der Waals surface area contributed by atoms with Crippen LogP contribution in [0, 0.1) is 5.92 Å². The van der Waals surface area contributed by atoms with Crippen LogP contribution in [0.15, 0.2) is 0 Å². The van der Waals surface area contributed by atoms with Gasteiger partial charge in [-0.15, -0.1) is 24.8 Å². The lowest BCUT2D eigenvalue weighted by atomic mass is 9.94. The zero-order chi connectivity index (χ0) is 12.8. The standard InChI is InChI=1S/C13H25N3O2.2ClH/c1-16-7-3-11(4-8-16)2-5-15-13(17)12-10-14-6-9-18-12;;/h11-12,14H,2-10H2,1H3,(H,15,17);2*1H. The Balaban J connectivity index is 0.00000180. The van der Waals surface area contributed by atoms with Gasteiger partial charge in [0.15, 0.2) is 0 Å². The number of morpholine rings is 1. The molecule has 2 N–H and O–H groups in total. The zero-order valence-electron chi connectivity index (χ0n) is 12.1. The Morgan fingerprint density at radius 2 is 2.05 bits per heavy atom. The van der Waals surface area contributed by atoms with Crippen LogP contribution < -0.4 is 10.6 Å². The predicted octanol–water partition coefficient (Wildman–Crippen LogP) is 0.666. The summed E-state index contributed by atoms with van der Waals surface area (Å²) in [7, 11) is 2.17. The molecule has 2 heterocycles. The normalized spacial score (nSPS) is 24.4. The maximum absolute atomic E-state index is 11.8. The van der Waals surface area contributed by atoms with Gasteiger partial charge < -0.3 is 20.3 Å². The van der Waals surface area contributed by atoms with Crippen molar-refractivity contribution in [3.63, 3.8) is 0 Å². The van der Waals surface area contributed by atoms with Gasteiger partial charge in [0, 0.05) is 19.6 Å². The molecule has 20 heavy (non-hydrogen) atoms. The third kappa shape index (κ3) is 6.59. The number of ether oxygens (including phenoxy) is 1. The number of rotatable bonds is 4. The van der Waals surface area contributed by atoms with Gasteiger partial charge in [0.1, 0.15) is 6.10 Å². The van der Waals surface area contributed by atoms with Gasteiger partial charge in [0.2, 0.25) is 5.91 Å². The van der Waals surface area contributed by atoms with Gasteiger partial charge in [-0.25, -0.2) is 0 Å². The molecule has 7 heteroatoms. The Kier molecular flexibility index (Phi) is 10.6. The molecule has 120 valence electrons.